The highest BCUT2D eigenvalue weighted by atomic mass is 32.2. The van der Waals surface area contributed by atoms with Crippen molar-refractivity contribution < 1.29 is 13.2 Å². The molecule has 0 bridgehead atoms. The van der Waals surface area contributed by atoms with Crippen LogP contribution in [0.3, 0.4) is 0 Å². The molecule has 7 nitrogen and oxygen atoms in total. The summed E-state index contributed by atoms with van der Waals surface area (Å²) in [5.74, 6) is 0.831. The third kappa shape index (κ3) is 5.64. The summed E-state index contributed by atoms with van der Waals surface area (Å²) < 4.78 is 29.0. The van der Waals surface area contributed by atoms with Gasteiger partial charge in [0.15, 0.2) is 0 Å². The van der Waals surface area contributed by atoms with Gasteiger partial charge in [-0.2, -0.15) is 17.0 Å². The number of nitrogens with zero attached hydrogens (tertiary/aromatic N) is 3. The molecule has 25 heavy (non-hydrogen) atoms. The van der Waals surface area contributed by atoms with Gasteiger partial charge in [-0.05, 0) is 31.6 Å². The summed E-state index contributed by atoms with van der Waals surface area (Å²) in [6, 6.07) is 0.178. The Balaban J connectivity index is 1.85. The third-order valence-corrected chi connectivity index (χ3v) is 7.17. The number of hydrogen-bond donors (Lipinski definition) is 1. The predicted molar refractivity (Wildman–Crippen MR) is 99.3 cm³/mol. The highest BCUT2D eigenvalue weighted by Gasteiger charge is 2.36. The third-order valence-electron chi connectivity index (χ3n) is 5.21. The second-order valence-electron chi connectivity index (χ2n) is 7.82. The number of carbonyl (C=O) groups excluding carboxylic acids is 1. The normalized spacial score (nSPS) is 28.6. The van der Waals surface area contributed by atoms with Crippen LogP contribution in [0.4, 0.5) is 0 Å². The molecule has 2 aliphatic rings. The van der Waals surface area contributed by atoms with Gasteiger partial charge in [-0.3, -0.25) is 9.69 Å². The minimum absolute atomic E-state index is 0.0179. The lowest BCUT2D eigenvalue weighted by atomic mass is 9.94. The van der Waals surface area contributed by atoms with E-state index in [0.717, 1.165) is 12.8 Å². The zero-order valence-corrected chi connectivity index (χ0v) is 16.9. The van der Waals surface area contributed by atoms with Crippen molar-refractivity contribution in [3.05, 3.63) is 0 Å². The summed E-state index contributed by atoms with van der Waals surface area (Å²) in [6.45, 7) is 12.0. The molecule has 2 aliphatic heterocycles. The maximum absolute atomic E-state index is 12.9. The SMILES string of the molecule is CCC(C)NC(=O)CN1CCN(S(=O)(=O)N2CC(C)CC(C)C2)CC1. The van der Waals surface area contributed by atoms with Crippen LogP contribution < -0.4 is 5.32 Å². The van der Waals surface area contributed by atoms with Gasteiger partial charge >= 0.3 is 0 Å². The van der Waals surface area contributed by atoms with Crippen molar-refractivity contribution in [3.8, 4) is 0 Å². The molecule has 1 amide bonds. The summed E-state index contributed by atoms with van der Waals surface area (Å²) in [7, 11) is -3.39. The number of nitrogens with one attached hydrogen (secondary N) is 1. The molecule has 0 radical (unpaired) electrons. The van der Waals surface area contributed by atoms with Crippen molar-refractivity contribution in [1.82, 2.24) is 18.8 Å². The van der Waals surface area contributed by atoms with Crippen LogP contribution in [0.15, 0.2) is 0 Å². The number of hydrogen-bond acceptors (Lipinski definition) is 4. The minimum atomic E-state index is -3.39. The van der Waals surface area contributed by atoms with Gasteiger partial charge in [-0.1, -0.05) is 20.8 Å². The molecule has 0 aromatic heterocycles. The summed E-state index contributed by atoms with van der Waals surface area (Å²) in [5.41, 5.74) is 0. The Hall–Kier alpha value is -0.700. The first-order valence-electron chi connectivity index (χ1n) is 9.49. The molecule has 2 heterocycles. The van der Waals surface area contributed by atoms with Crippen LogP contribution in [0, 0.1) is 11.8 Å². The number of rotatable bonds is 6. The van der Waals surface area contributed by atoms with E-state index >= 15 is 0 Å². The molecule has 146 valence electrons. The van der Waals surface area contributed by atoms with E-state index in [1.807, 2.05) is 18.7 Å². The quantitative estimate of drug-likeness (QED) is 0.744. The zero-order chi connectivity index (χ0) is 18.6. The van der Waals surface area contributed by atoms with Gasteiger partial charge in [0.1, 0.15) is 0 Å². The monoisotopic (exact) mass is 374 g/mol. The largest absolute Gasteiger partial charge is 0.353 e. The molecule has 8 heteroatoms. The van der Waals surface area contributed by atoms with Crippen LogP contribution >= 0.6 is 0 Å². The number of amides is 1. The number of piperazine rings is 1. The number of piperidine rings is 1. The second-order valence-corrected chi connectivity index (χ2v) is 9.75. The van der Waals surface area contributed by atoms with E-state index in [1.54, 1.807) is 8.61 Å². The van der Waals surface area contributed by atoms with Crippen LogP contribution in [0.25, 0.3) is 0 Å². The Labute approximate surface area is 152 Å². The summed E-state index contributed by atoms with van der Waals surface area (Å²) >= 11 is 0. The molecule has 2 saturated heterocycles. The predicted octanol–water partition coefficient (Wildman–Crippen LogP) is 0.741. The summed E-state index contributed by atoms with van der Waals surface area (Å²) in [5, 5.41) is 2.96. The van der Waals surface area contributed by atoms with Gasteiger partial charge in [-0.25, -0.2) is 0 Å². The molecule has 0 aliphatic carbocycles. The van der Waals surface area contributed by atoms with Gasteiger partial charge in [-0.15, -0.1) is 0 Å². The van der Waals surface area contributed by atoms with E-state index in [-0.39, 0.29) is 11.9 Å². The standard InChI is InChI=1S/C17H34N4O3S/c1-5-16(4)18-17(22)13-19-6-8-20(9-7-19)25(23,24)21-11-14(2)10-15(3)12-21/h14-16H,5-13H2,1-4H3,(H,18,22). The Kier molecular flexibility index (Phi) is 7.25. The second kappa shape index (κ2) is 8.79. The molecule has 1 N–H and O–H groups in total. The van der Waals surface area contributed by atoms with E-state index in [4.69, 9.17) is 0 Å². The number of carbonyl (C=O) groups is 1. The van der Waals surface area contributed by atoms with Crippen LogP contribution in [0.2, 0.25) is 0 Å². The Morgan fingerprint density at radius 1 is 1.08 bits per heavy atom. The van der Waals surface area contributed by atoms with Crippen LogP contribution in [0.1, 0.15) is 40.5 Å². The van der Waals surface area contributed by atoms with E-state index in [1.165, 1.54) is 0 Å². The van der Waals surface area contributed by atoms with E-state index in [2.05, 4.69) is 19.2 Å². The van der Waals surface area contributed by atoms with Gasteiger partial charge in [0.25, 0.3) is 10.2 Å². The average molecular weight is 375 g/mol. The van der Waals surface area contributed by atoms with Crippen molar-refractivity contribution >= 4 is 16.1 Å². The zero-order valence-electron chi connectivity index (χ0n) is 16.1. The topological polar surface area (TPSA) is 73.0 Å². The van der Waals surface area contributed by atoms with E-state index < -0.39 is 10.2 Å². The summed E-state index contributed by atoms with van der Waals surface area (Å²) in [6.07, 6.45) is 2.00. The molecule has 2 rings (SSSR count). The average Bonchev–Trinajstić information content (AvgIpc) is 2.54. The van der Waals surface area contributed by atoms with Crippen molar-refractivity contribution in [1.29, 1.82) is 0 Å². The molecule has 0 aromatic rings. The molecular formula is C17H34N4O3S. The molecule has 0 spiro atoms. The molecule has 3 unspecified atom stereocenters. The molecule has 2 fully saturated rings. The van der Waals surface area contributed by atoms with Crippen LogP contribution in [-0.2, 0) is 15.0 Å². The minimum Gasteiger partial charge on any atom is -0.353 e. The van der Waals surface area contributed by atoms with Gasteiger partial charge in [0.2, 0.25) is 5.91 Å². The van der Waals surface area contributed by atoms with Crippen molar-refractivity contribution in [3.63, 3.8) is 0 Å². The fraction of sp³-hybridized carbons (Fsp3) is 0.941. The summed E-state index contributed by atoms with van der Waals surface area (Å²) in [4.78, 5) is 14.0. The fourth-order valence-corrected chi connectivity index (χ4v) is 5.54. The first kappa shape index (κ1) is 20.6. The Morgan fingerprint density at radius 2 is 1.64 bits per heavy atom. The highest BCUT2D eigenvalue weighted by Crippen LogP contribution is 2.25. The van der Waals surface area contributed by atoms with Crippen LogP contribution in [-0.4, -0.2) is 79.7 Å². The van der Waals surface area contributed by atoms with Gasteiger partial charge in [0, 0.05) is 45.3 Å². The van der Waals surface area contributed by atoms with Crippen LogP contribution in [0.5, 0.6) is 0 Å². The highest BCUT2D eigenvalue weighted by molar-refractivity contribution is 7.86. The maximum atomic E-state index is 12.9. The molecular weight excluding hydrogens is 340 g/mol. The fourth-order valence-electron chi connectivity index (χ4n) is 3.70. The van der Waals surface area contributed by atoms with E-state index in [9.17, 15) is 13.2 Å². The smallest absolute Gasteiger partial charge is 0.282 e. The van der Waals surface area contributed by atoms with Gasteiger partial charge < -0.3 is 5.32 Å². The van der Waals surface area contributed by atoms with Crippen molar-refractivity contribution in [2.24, 2.45) is 11.8 Å². The molecule has 3 atom stereocenters. The lowest BCUT2D eigenvalue weighted by Crippen LogP contribution is -2.56. The van der Waals surface area contributed by atoms with Crippen molar-refractivity contribution in [2.75, 3.05) is 45.8 Å². The maximum Gasteiger partial charge on any atom is 0.282 e. The van der Waals surface area contributed by atoms with Gasteiger partial charge in [0.05, 0.1) is 6.54 Å². The molecule has 0 saturated carbocycles. The molecule has 0 aromatic carbocycles. The first-order valence-corrected chi connectivity index (χ1v) is 10.9. The van der Waals surface area contributed by atoms with Crippen molar-refractivity contribution in [2.45, 2.75) is 46.6 Å². The van der Waals surface area contributed by atoms with E-state index in [0.29, 0.717) is 57.6 Å². The lowest BCUT2D eigenvalue weighted by molar-refractivity contribution is -0.123. The lowest BCUT2D eigenvalue weighted by Gasteiger charge is -2.40. The first-order chi connectivity index (χ1) is 11.7. The Morgan fingerprint density at radius 3 is 2.16 bits per heavy atom. The Bertz CT molecular complexity index is 536.